The molecule has 1 fully saturated rings. The lowest BCUT2D eigenvalue weighted by Gasteiger charge is -2.32. The van der Waals surface area contributed by atoms with Gasteiger partial charge in [-0.05, 0) is 25.7 Å². The van der Waals surface area contributed by atoms with Crippen LogP contribution in [-0.4, -0.2) is 41.0 Å². The van der Waals surface area contributed by atoms with Crippen LogP contribution in [0.2, 0.25) is 0 Å². The molecular weight excluding hydrogens is 350 g/mol. The van der Waals surface area contributed by atoms with Crippen molar-refractivity contribution in [3.63, 3.8) is 0 Å². The van der Waals surface area contributed by atoms with Gasteiger partial charge in [0.1, 0.15) is 10.7 Å². The summed E-state index contributed by atoms with van der Waals surface area (Å²) in [7, 11) is 1.87. The van der Waals surface area contributed by atoms with Crippen molar-refractivity contribution in [3.8, 4) is 0 Å². The minimum Gasteiger partial charge on any atom is -0.390 e. The average Bonchev–Trinajstić information content (AvgIpc) is 3.13. The number of nitrogens with one attached hydrogen (secondary N) is 1. The number of nitrogens with zero attached hydrogens (tertiary/aromatic N) is 4. The molecule has 2 aromatic heterocycles. The van der Waals surface area contributed by atoms with Gasteiger partial charge in [-0.15, -0.1) is 11.3 Å². The predicted molar refractivity (Wildman–Crippen MR) is 106 cm³/mol. The largest absolute Gasteiger partial charge is 0.390 e. The number of thiophene rings is 1. The maximum Gasteiger partial charge on any atom is 0.261 e. The lowest BCUT2D eigenvalue weighted by molar-refractivity contribution is 0.102. The maximum atomic E-state index is 12.9. The molecule has 0 spiro atoms. The van der Waals surface area contributed by atoms with Crippen LogP contribution in [-0.2, 0) is 13.5 Å². The zero-order chi connectivity index (χ0) is 18.3. The number of aryl methyl sites for hydroxylation is 2. The van der Waals surface area contributed by atoms with Crippen LogP contribution < -0.4 is 21.7 Å². The normalized spacial score (nSPS) is 19.5. The van der Waals surface area contributed by atoms with Crippen LogP contribution in [0.25, 0.3) is 0 Å². The molecule has 0 aliphatic carbocycles. The topological polar surface area (TPSA) is 115 Å². The van der Waals surface area contributed by atoms with Crippen LogP contribution in [0, 0.1) is 0 Å². The smallest absolute Gasteiger partial charge is 0.261 e. The molecule has 5 N–H and O–H groups in total. The summed E-state index contributed by atoms with van der Waals surface area (Å²) in [5.41, 5.74) is 14.1. The second-order valence-electron chi connectivity index (χ2n) is 6.77. The Morgan fingerprint density at radius 1 is 1.46 bits per heavy atom. The van der Waals surface area contributed by atoms with E-state index in [2.05, 4.69) is 20.3 Å². The molecule has 0 unspecified atom stereocenters. The highest BCUT2D eigenvalue weighted by molar-refractivity contribution is 7.17. The zero-order valence-electron chi connectivity index (χ0n) is 14.7. The van der Waals surface area contributed by atoms with E-state index in [9.17, 15) is 4.79 Å². The van der Waals surface area contributed by atoms with E-state index in [1.165, 1.54) is 11.3 Å². The number of carbonyl (C=O) groups excluding carboxylic acids is 1. The highest BCUT2D eigenvalue weighted by atomic mass is 32.1. The standard InChI is InChI=1S/C17H23N7OS/c1-23-17(24-7-3-4-10(18)9-24)11(8-21-23)22-16(25)13-14-12(26-15(13)19)5-2-6-20-14/h6,8,10H,2-5,7,9,18-19H2,1H3,(H,22,25)/t10-/m1/s1. The third-order valence-electron chi connectivity index (χ3n) is 4.84. The number of rotatable bonds is 3. The van der Waals surface area contributed by atoms with Gasteiger partial charge < -0.3 is 21.7 Å². The molecule has 8 nitrogen and oxygen atoms in total. The van der Waals surface area contributed by atoms with Crippen molar-refractivity contribution in [3.05, 3.63) is 16.6 Å². The second-order valence-corrected chi connectivity index (χ2v) is 7.91. The number of nitrogens with two attached hydrogens (primary N) is 2. The van der Waals surface area contributed by atoms with Gasteiger partial charge in [0, 0.05) is 37.3 Å². The molecule has 2 aliphatic heterocycles. The summed E-state index contributed by atoms with van der Waals surface area (Å²) in [6, 6.07) is 0.135. The van der Waals surface area contributed by atoms with E-state index in [0.717, 1.165) is 49.5 Å². The quantitative estimate of drug-likeness (QED) is 0.760. The Kier molecular flexibility index (Phi) is 4.41. The van der Waals surface area contributed by atoms with Crippen molar-refractivity contribution in [1.82, 2.24) is 9.78 Å². The van der Waals surface area contributed by atoms with Crippen LogP contribution in [0.3, 0.4) is 0 Å². The number of anilines is 3. The van der Waals surface area contributed by atoms with Crippen molar-refractivity contribution < 1.29 is 4.79 Å². The molecule has 4 heterocycles. The van der Waals surface area contributed by atoms with Crippen LogP contribution in [0.4, 0.5) is 22.2 Å². The van der Waals surface area contributed by atoms with Crippen LogP contribution in [0.15, 0.2) is 11.2 Å². The molecule has 1 saturated heterocycles. The van der Waals surface area contributed by atoms with E-state index in [1.807, 2.05) is 13.3 Å². The molecule has 0 saturated carbocycles. The summed E-state index contributed by atoms with van der Waals surface area (Å²) < 4.78 is 1.78. The van der Waals surface area contributed by atoms with Crippen LogP contribution >= 0.6 is 11.3 Å². The lowest BCUT2D eigenvalue weighted by atomic mass is 10.1. The molecule has 26 heavy (non-hydrogen) atoms. The van der Waals surface area contributed by atoms with Gasteiger partial charge in [-0.1, -0.05) is 0 Å². The SMILES string of the molecule is Cn1ncc(NC(=O)c2c(N)sc3c2N=CCC3)c1N1CCC[C@@H](N)C1. The Morgan fingerprint density at radius 2 is 2.31 bits per heavy atom. The highest BCUT2D eigenvalue weighted by Crippen LogP contribution is 2.40. The Bertz CT molecular complexity index is 869. The molecule has 0 aromatic carbocycles. The van der Waals surface area contributed by atoms with Gasteiger partial charge in [0.15, 0.2) is 5.82 Å². The van der Waals surface area contributed by atoms with Gasteiger partial charge in [0.05, 0.1) is 17.4 Å². The van der Waals surface area contributed by atoms with Crippen LogP contribution in [0.1, 0.15) is 34.5 Å². The molecular formula is C17H23N7OS. The Morgan fingerprint density at radius 3 is 3.12 bits per heavy atom. The van der Waals surface area contributed by atoms with Crippen molar-refractivity contribution >= 4 is 45.7 Å². The summed E-state index contributed by atoms with van der Waals surface area (Å²) in [6.07, 6.45) is 7.33. The van der Waals surface area contributed by atoms with E-state index in [-0.39, 0.29) is 11.9 Å². The van der Waals surface area contributed by atoms with Gasteiger partial charge in [0.25, 0.3) is 5.91 Å². The van der Waals surface area contributed by atoms with Gasteiger partial charge >= 0.3 is 0 Å². The number of piperidine rings is 1. The third kappa shape index (κ3) is 2.97. The summed E-state index contributed by atoms with van der Waals surface area (Å²) in [6.45, 7) is 1.65. The minimum atomic E-state index is -0.241. The molecule has 9 heteroatoms. The number of nitrogen functional groups attached to an aromatic ring is 1. The fourth-order valence-electron chi connectivity index (χ4n) is 3.65. The van der Waals surface area contributed by atoms with E-state index in [1.54, 1.807) is 10.9 Å². The number of aliphatic imine (C=N–C) groups is 1. The number of hydrogen-bond donors (Lipinski definition) is 3. The van der Waals surface area contributed by atoms with Gasteiger partial charge in [-0.3, -0.25) is 14.5 Å². The summed E-state index contributed by atoms with van der Waals surface area (Å²) in [5, 5.41) is 7.82. The monoisotopic (exact) mass is 373 g/mol. The molecule has 2 aliphatic rings. The molecule has 0 bridgehead atoms. The third-order valence-corrected chi connectivity index (χ3v) is 5.91. The summed E-state index contributed by atoms with van der Waals surface area (Å²) >= 11 is 1.45. The second kappa shape index (κ2) is 6.73. The fourth-order valence-corrected chi connectivity index (χ4v) is 4.67. The average molecular weight is 373 g/mol. The first-order valence-electron chi connectivity index (χ1n) is 8.82. The van der Waals surface area contributed by atoms with E-state index >= 15 is 0 Å². The Balaban J connectivity index is 1.62. The molecule has 2 aromatic rings. The van der Waals surface area contributed by atoms with Gasteiger partial charge in [-0.2, -0.15) is 5.10 Å². The number of carbonyl (C=O) groups is 1. The predicted octanol–water partition coefficient (Wildman–Crippen LogP) is 1.89. The summed E-state index contributed by atoms with van der Waals surface area (Å²) in [4.78, 5) is 20.6. The zero-order valence-corrected chi connectivity index (χ0v) is 15.6. The summed E-state index contributed by atoms with van der Waals surface area (Å²) in [5.74, 6) is 0.634. The molecule has 1 atom stereocenters. The number of amides is 1. The first-order valence-corrected chi connectivity index (χ1v) is 9.63. The first kappa shape index (κ1) is 17.0. The number of aromatic nitrogens is 2. The highest BCUT2D eigenvalue weighted by Gasteiger charge is 2.27. The van der Waals surface area contributed by atoms with Crippen molar-refractivity contribution in [2.75, 3.05) is 29.0 Å². The lowest BCUT2D eigenvalue weighted by Crippen LogP contribution is -2.43. The van der Waals surface area contributed by atoms with Gasteiger partial charge in [0.2, 0.25) is 0 Å². The van der Waals surface area contributed by atoms with E-state index in [4.69, 9.17) is 11.5 Å². The molecule has 0 radical (unpaired) electrons. The Labute approximate surface area is 155 Å². The first-order chi connectivity index (χ1) is 12.5. The number of fused-ring (bicyclic) bond motifs is 1. The molecule has 1 amide bonds. The maximum absolute atomic E-state index is 12.9. The van der Waals surface area contributed by atoms with Crippen molar-refractivity contribution in [2.45, 2.75) is 31.7 Å². The molecule has 4 rings (SSSR count). The molecule has 138 valence electrons. The minimum absolute atomic E-state index is 0.135. The number of hydrogen-bond acceptors (Lipinski definition) is 7. The van der Waals surface area contributed by atoms with E-state index in [0.29, 0.717) is 21.9 Å². The van der Waals surface area contributed by atoms with E-state index < -0.39 is 0 Å². The van der Waals surface area contributed by atoms with Crippen molar-refractivity contribution in [1.29, 1.82) is 0 Å². The van der Waals surface area contributed by atoms with Crippen LogP contribution in [0.5, 0.6) is 0 Å². The Hall–Kier alpha value is -2.39. The van der Waals surface area contributed by atoms with Crippen molar-refractivity contribution in [2.24, 2.45) is 17.8 Å². The fraction of sp³-hybridized carbons (Fsp3) is 0.471. The van der Waals surface area contributed by atoms with Gasteiger partial charge in [-0.25, -0.2) is 0 Å².